The van der Waals surface area contributed by atoms with Crippen molar-refractivity contribution in [3.8, 4) is 0 Å². The first-order valence-electron chi connectivity index (χ1n) is 9.12. The minimum Gasteiger partial charge on any atom is -0.299 e. The number of rotatable bonds is 2. The van der Waals surface area contributed by atoms with Gasteiger partial charge in [-0.05, 0) is 74.2 Å². The van der Waals surface area contributed by atoms with Crippen LogP contribution >= 0.6 is 12.4 Å². The van der Waals surface area contributed by atoms with E-state index < -0.39 is 0 Å². The van der Waals surface area contributed by atoms with Crippen LogP contribution in [0.2, 0.25) is 0 Å². The molecule has 1 aliphatic heterocycles. The van der Waals surface area contributed by atoms with E-state index >= 15 is 0 Å². The molecular formula is C22H28ClN. The predicted molar refractivity (Wildman–Crippen MR) is 104 cm³/mol. The Kier molecular flexibility index (Phi) is 5.32. The Hall–Kier alpha value is -1.31. The maximum atomic E-state index is 2.65. The lowest BCUT2D eigenvalue weighted by atomic mass is 9.65. The third-order valence-electron chi connectivity index (χ3n) is 6.03. The number of likely N-dealkylation sites (tertiary alicyclic amines) is 1. The third-order valence-corrected chi connectivity index (χ3v) is 6.03. The fraction of sp³-hybridized carbons (Fsp3) is 0.455. The number of halogens is 1. The van der Waals surface area contributed by atoms with Gasteiger partial charge >= 0.3 is 0 Å². The van der Waals surface area contributed by atoms with Gasteiger partial charge in [-0.1, -0.05) is 54.1 Å². The molecule has 1 saturated heterocycles. The quantitative estimate of drug-likeness (QED) is 0.717. The lowest BCUT2D eigenvalue weighted by molar-refractivity contribution is 0.139. The van der Waals surface area contributed by atoms with E-state index in [1.54, 1.807) is 11.1 Å². The van der Waals surface area contributed by atoms with Crippen molar-refractivity contribution in [2.75, 3.05) is 13.1 Å². The normalized spacial score (nSPS) is 19.5. The lowest BCUT2D eigenvalue weighted by Crippen LogP contribution is -2.44. The van der Waals surface area contributed by atoms with Crippen LogP contribution in [0.25, 0.3) is 0 Å². The standard InChI is InChI=1S/C22H27N.ClH/c1-18-8-10-19(11-9-18)17-23-15-13-22(14-16-23)12-4-6-20-5-2-3-7-21(20)22;/h2-3,5,7-11H,4,6,12-17H2,1H3;1H. The van der Waals surface area contributed by atoms with E-state index in [0.717, 1.165) is 6.54 Å². The van der Waals surface area contributed by atoms with E-state index in [-0.39, 0.29) is 12.4 Å². The summed E-state index contributed by atoms with van der Waals surface area (Å²) in [6.45, 7) is 5.75. The highest BCUT2D eigenvalue weighted by Crippen LogP contribution is 2.44. The monoisotopic (exact) mass is 341 g/mol. The summed E-state index contributed by atoms with van der Waals surface area (Å²) in [5.41, 5.74) is 6.56. The Labute approximate surface area is 152 Å². The minimum atomic E-state index is 0. The van der Waals surface area contributed by atoms with E-state index in [2.05, 4.69) is 60.4 Å². The number of benzene rings is 2. The Morgan fingerprint density at radius 3 is 2.38 bits per heavy atom. The zero-order chi connectivity index (χ0) is 15.7. The van der Waals surface area contributed by atoms with Crippen molar-refractivity contribution >= 4 is 12.4 Å². The van der Waals surface area contributed by atoms with Gasteiger partial charge in [-0.25, -0.2) is 0 Å². The Bertz CT molecular complexity index is 669. The first-order chi connectivity index (χ1) is 11.3. The molecule has 0 atom stereocenters. The first kappa shape index (κ1) is 17.5. The molecule has 1 aliphatic carbocycles. The summed E-state index contributed by atoms with van der Waals surface area (Å²) in [5.74, 6) is 0. The molecule has 2 aromatic carbocycles. The molecule has 0 aromatic heterocycles. The highest BCUT2D eigenvalue weighted by Gasteiger charge is 2.38. The van der Waals surface area contributed by atoms with Gasteiger partial charge in [-0.2, -0.15) is 0 Å². The predicted octanol–water partition coefficient (Wildman–Crippen LogP) is 5.29. The zero-order valence-corrected chi connectivity index (χ0v) is 15.4. The molecule has 0 bridgehead atoms. The molecule has 1 spiro atoms. The van der Waals surface area contributed by atoms with E-state index in [1.165, 1.54) is 56.3 Å². The van der Waals surface area contributed by atoms with Gasteiger partial charge in [0.1, 0.15) is 0 Å². The van der Waals surface area contributed by atoms with E-state index in [4.69, 9.17) is 0 Å². The molecule has 1 nitrogen and oxygen atoms in total. The molecule has 128 valence electrons. The summed E-state index contributed by atoms with van der Waals surface area (Å²) in [5, 5.41) is 0. The smallest absolute Gasteiger partial charge is 0.0233 e. The van der Waals surface area contributed by atoms with Crippen LogP contribution in [0.4, 0.5) is 0 Å². The van der Waals surface area contributed by atoms with Crippen LogP contribution in [-0.4, -0.2) is 18.0 Å². The Morgan fingerprint density at radius 2 is 1.62 bits per heavy atom. The van der Waals surface area contributed by atoms with Crippen molar-refractivity contribution in [2.24, 2.45) is 0 Å². The lowest BCUT2D eigenvalue weighted by Gasteiger charge is -2.45. The highest BCUT2D eigenvalue weighted by atomic mass is 35.5. The fourth-order valence-electron chi connectivity index (χ4n) is 4.62. The summed E-state index contributed by atoms with van der Waals surface area (Å²) in [7, 11) is 0. The van der Waals surface area contributed by atoms with Gasteiger partial charge in [0.2, 0.25) is 0 Å². The van der Waals surface area contributed by atoms with Crippen LogP contribution in [0.3, 0.4) is 0 Å². The zero-order valence-electron chi connectivity index (χ0n) is 14.6. The van der Waals surface area contributed by atoms with Gasteiger partial charge in [0.25, 0.3) is 0 Å². The van der Waals surface area contributed by atoms with Crippen molar-refractivity contribution < 1.29 is 0 Å². The maximum Gasteiger partial charge on any atom is 0.0233 e. The molecule has 2 aromatic rings. The average Bonchev–Trinajstić information content (AvgIpc) is 2.60. The van der Waals surface area contributed by atoms with E-state index in [1.807, 2.05) is 0 Å². The van der Waals surface area contributed by atoms with Crippen LogP contribution in [0.15, 0.2) is 48.5 Å². The molecule has 2 heteroatoms. The van der Waals surface area contributed by atoms with Crippen molar-refractivity contribution in [3.63, 3.8) is 0 Å². The Balaban J connectivity index is 0.00000169. The number of hydrogen-bond donors (Lipinski definition) is 0. The molecule has 0 amide bonds. The molecule has 0 saturated carbocycles. The van der Waals surface area contributed by atoms with Crippen molar-refractivity contribution in [1.82, 2.24) is 4.90 Å². The molecule has 1 heterocycles. The third kappa shape index (κ3) is 3.38. The second kappa shape index (κ2) is 7.29. The maximum absolute atomic E-state index is 2.65. The number of aryl methyl sites for hydroxylation is 2. The number of fused-ring (bicyclic) bond motifs is 2. The van der Waals surface area contributed by atoms with Gasteiger partial charge in [-0.3, -0.25) is 4.90 Å². The molecular weight excluding hydrogens is 314 g/mol. The van der Waals surface area contributed by atoms with Crippen LogP contribution in [0.5, 0.6) is 0 Å². The molecule has 0 unspecified atom stereocenters. The summed E-state index contributed by atoms with van der Waals surface area (Å²) >= 11 is 0. The van der Waals surface area contributed by atoms with Crippen LogP contribution in [-0.2, 0) is 18.4 Å². The van der Waals surface area contributed by atoms with Crippen molar-refractivity contribution in [2.45, 2.75) is 51.0 Å². The minimum absolute atomic E-state index is 0. The van der Waals surface area contributed by atoms with Gasteiger partial charge in [-0.15, -0.1) is 12.4 Å². The van der Waals surface area contributed by atoms with E-state index in [9.17, 15) is 0 Å². The summed E-state index contributed by atoms with van der Waals surface area (Å²) in [6.07, 6.45) is 6.70. The van der Waals surface area contributed by atoms with E-state index in [0.29, 0.717) is 5.41 Å². The number of nitrogens with zero attached hydrogens (tertiary/aromatic N) is 1. The Morgan fingerprint density at radius 1 is 0.917 bits per heavy atom. The summed E-state index contributed by atoms with van der Waals surface area (Å²) in [4.78, 5) is 2.65. The van der Waals surface area contributed by atoms with Gasteiger partial charge < -0.3 is 0 Å². The average molecular weight is 342 g/mol. The molecule has 24 heavy (non-hydrogen) atoms. The number of piperidine rings is 1. The molecule has 0 radical (unpaired) electrons. The molecule has 0 N–H and O–H groups in total. The van der Waals surface area contributed by atoms with Gasteiger partial charge in [0, 0.05) is 6.54 Å². The molecule has 2 aliphatic rings. The highest BCUT2D eigenvalue weighted by molar-refractivity contribution is 5.85. The largest absolute Gasteiger partial charge is 0.299 e. The SMILES string of the molecule is Cc1ccc(CN2CCC3(CCCc4ccccc43)CC2)cc1.Cl. The van der Waals surface area contributed by atoms with Gasteiger partial charge in [0.05, 0.1) is 0 Å². The first-order valence-corrected chi connectivity index (χ1v) is 9.12. The van der Waals surface area contributed by atoms with Crippen LogP contribution < -0.4 is 0 Å². The topological polar surface area (TPSA) is 3.24 Å². The van der Waals surface area contributed by atoms with Crippen molar-refractivity contribution in [1.29, 1.82) is 0 Å². The number of hydrogen-bond acceptors (Lipinski definition) is 1. The summed E-state index contributed by atoms with van der Waals surface area (Å²) < 4.78 is 0. The molecule has 4 rings (SSSR count). The summed E-state index contributed by atoms with van der Waals surface area (Å²) in [6, 6.07) is 18.3. The van der Waals surface area contributed by atoms with Crippen molar-refractivity contribution in [3.05, 3.63) is 70.8 Å². The fourth-order valence-corrected chi connectivity index (χ4v) is 4.62. The molecule has 1 fully saturated rings. The van der Waals surface area contributed by atoms with Crippen LogP contribution in [0, 0.1) is 6.92 Å². The second-order valence-corrected chi connectivity index (χ2v) is 7.55. The second-order valence-electron chi connectivity index (χ2n) is 7.55. The van der Waals surface area contributed by atoms with Gasteiger partial charge in [0.15, 0.2) is 0 Å². The van der Waals surface area contributed by atoms with Crippen LogP contribution in [0.1, 0.15) is 47.9 Å².